The van der Waals surface area contributed by atoms with E-state index < -0.39 is 0 Å². The zero-order valence-electron chi connectivity index (χ0n) is 15.5. The number of benzene rings is 3. The molecule has 4 nitrogen and oxygen atoms in total. The van der Waals surface area contributed by atoms with Crippen LogP contribution in [0.5, 0.6) is 0 Å². The van der Waals surface area contributed by atoms with Crippen LogP contribution in [0.4, 0.5) is 0 Å². The van der Waals surface area contributed by atoms with E-state index >= 15 is 0 Å². The van der Waals surface area contributed by atoms with Crippen molar-refractivity contribution < 1.29 is 0 Å². The molecule has 0 aliphatic carbocycles. The monoisotopic (exact) mass is 440 g/mol. The summed E-state index contributed by atoms with van der Waals surface area (Å²) in [5.41, 5.74) is 4.83. The average molecular weight is 441 g/mol. The molecule has 0 bridgehead atoms. The summed E-state index contributed by atoms with van der Waals surface area (Å²) < 4.78 is 3.25. The van der Waals surface area contributed by atoms with Gasteiger partial charge in [-0.25, -0.2) is 15.0 Å². The summed E-state index contributed by atoms with van der Waals surface area (Å²) in [7, 11) is 0. The van der Waals surface area contributed by atoms with E-state index in [1.165, 1.54) is 5.56 Å². The number of hydrogen-bond donors (Lipinski definition) is 0. The van der Waals surface area contributed by atoms with Crippen LogP contribution in [0.3, 0.4) is 0 Å². The minimum atomic E-state index is 0.677. The lowest BCUT2D eigenvalue weighted by Crippen LogP contribution is -2.03. The Morgan fingerprint density at radius 2 is 1.38 bits per heavy atom. The van der Waals surface area contributed by atoms with Gasteiger partial charge in [0.25, 0.3) is 0 Å². The number of fused-ring (bicyclic) bond motifs is 1. The van der Waals surface area contributed by atoms with Crippen LogP contribution in [0, 0.1) is 0 Å². The van der Waals surface area contributed by atoms with Crippen molar-refractivity contribution in [1.82, 2.24) is 19.5 Å². The van der Waals surface area contributed by atoms with Crippen LogP contribution in [-0.2, 0) is 6.54 Å². The molecule has 0 aliphatic heterocycles. The van der Waals surface area contributed by atoms with Gasteiger partial charge < -0.3 is 4.57 Å². The van der Waals surface area contributed by atoms with Crippen molar-refractivity contribution in [3.63, 3.8) is 0 Å². The molecule has 0 spiro atoms. The van der Waals surface area contributed by atoms with E-state index in [4.69, 9.17) is 9.97 Å². The SMILES string of the molecule is Brc1ccccc1Cn1c(-c2ccccc2)nc2nc(-c3ccccc3)ncc21. The van der Waals surface area contributed by atoms with E-state index in [-0.39, 0.29) is 0 Å². The van der Waals surface area contributed by atoms with Crippen LogP contribution < -0.4 is 0 Å². The van der Waals surface area contributed by atoms with Crippen molar-refractivity contribution in [1.29, 1.82) is 0 Å². The average Bonchev–Trinajstić information content (AvgIpc) is 3.14. The molecule has 5 rings (SSSR count). The van der Waals surface area contributed by atoms with E-state index in [1.807, 2.05) is 66.9 Å². The molecule has 0 N–H and O–H groups in total. The van der Waals surface area contributed by atoms with Gasteiger partial charge in [-0.15, -0.1) is 0 Å². The van der Waals surface area contributed by atoms with E-state index in [1.54, 1.807) is 0 Å². The Balaban J connectivity index is 1.69. The molecule has 3 aromatic carbocycles. The van der Waals surface area contributed by atoms with Crippen LogP contribution >= 0.6 is 15.9 Å². The van der Waals surface area contributed by atoms with Crippen molar-refractivity contribution >= 4 is 27.1 Å². The standard InChI is InChI=1S/C24H17BrN4/c25-20-14-8-7-13-19(20)16-29-21-15-26-22(17-9-3-1-4-10-17)27-23(21)28-24(29)18-11-5-2-6-12-18/h1-15H,16H2. The van der Waals surface area contributed by atoms with Crippen molar-refractivity contribution in [2.75, 3.05) is 0 Å². The molecule has 5 aromatic rings. The van der Waals surface area contributed by atoms with Crippen molar-refractivity contribution in [2.24, 2.45) is 0 Å². The molecule has 29 heavy (non-hydrogen) atoms. The lowest BCUT2D eigenvalue weighted by molar-refractivity contribution is 0.829. The highest BCUT2D eigenvalue weighted by atomic mass is 79.9. The number of nitrogens with zero attached hydrogens (tertiary/aromatic N) is 4. The lowest BCUT2D eigenvalue weighted by atomic mass is 10.2. The van der Waals surface area contributed by atoms with Crippen LogP contribution in [0.25, 0.3) is 33.9 Å². The Hall–Kier alpha value is -3.31. The molecule has 0 saturated carbocycles. The van der Waals surface area contributed by atoms with Gasteiger partial charge in [-0.2, -0.15) is 0 Å². The highest BCUT2D eigenvalue weighted by Crippen LogP contribution is 2.27. The van der Waals surface area contributed by atoms with Gasteiger partial charge in [0, 0.05) is 15.6 Å². The number of hydrogen-bond acceptors (Lipinski definition) is 3. The van der Waals surface area contributed by atoms with Gasteiger partial charge in [0.05, 0.1) is 12.7 Å². The normalized spacial score (nSPS) is 11.1. The first kappa shape index (κ1) is 17.8. The van der Waals surface area contributed by atoms with E-state index in [9.17, 15) is 0 Å². The van der Waals surface area contributed by atoms with Crippen molar-refractivity contribution in [3.8, 4) is 22.8 Å². The first-order valence-electron chi connectivity index (χ1n) is 9.37. The third kappa shape index (κ3) is 3.45. The molecular formula is C24H17BrN4. The van der Waals surface area contributed by atoms with Crippen molar-refractivity contribution in [3.05, 3.63) is 101 Å². The highest BCUT2D eigenvalue weighted by molar-refractivity contribution is 9.10. The fourth-order valence-corrected chi connectivity index (χ4v) is 3.82. The van der Waals surface area contributed by atoms with Gasteiger partial charge in [-0.3, -0.25) is 0 Å². The fourth-order valence-electron chi connectivity index (χ4n) is 3.40. The third-order valence-electron chi connectivity index (χ3n) is 4.86. The minimum absolute atomic E-state index is 0.677. The maximum absolute atomic E-state index is 4.89. The predicted molar refractivity (Wildman–Crippen MR) is 119 cm³/mol. The Morgan fingerprint density at radius 1 is 0.724 bits per heavy atom. The summed E-state index contributed by atoms with van der Waals surface area (Å²) in [6, 6.07) is 28.4. The molecule has 0 atom stereocenters. The molecule has 140 valence electrons. The summed E-state index contributed by atoms with van der Waals surface area (Å²) in [4.78, 5) is 14.3. The molecule has 2 heterocycles. The lowest BCUT2D eigenvalue weighted by Gasteiger charge is -2.11. The molecule has 2 aromatic heterocycles. The molecule has 0 radical (unpaired) electrons. The predicted octanol–water partition coefficient (Wildman–Crippen LogP) is 5.97. The van der Waals surface area contributed by atoms with Crippen LogP contribution in [0.2, 0.25) is 0 Å². The summed E-state index contributed by atoms with van der Waals surface area (Å²) in [6.07, 6.45) is 1.88. The number of rotatable bonds is 4. The second kappa shape index (κ2) is 7.60. The second-order valence-electron chi connectivity index (χ2n) is 6.75. The highest BCUT2D eigenvalue weighted by Gasteiger charge is 2.16. The smallest absolute Gasteiger partial charge is 0.182 e. The van der Waals surface area contributed by atoms with Gasteiger partial charge in [0.1, 0.15) is 11.3 Å². The molecular weight excluding hydrogens is 424 g/mol. The first-order chi connectivity index (χ1) is 14.3. The third-order valence-corrected chi connectivity index (χ3v) is 5.63. The molecule has 0 unspecified atom stereocenters. The molecule has 0 aliphatic rings. The van der Waals surface area contributed by atoms with Gasteiger partial charge >= 0.3 is 0 Å². The molecule has 5 heteroatoms. The summed E-state index contributed by atoms with van der Waals surface area (Å²) in [5.74, 6) is 1.57. The van der Waals surface area contributed by atoms with Gasteiger partial charge in [0.2, 0.25) is 0 Å². The number of halogens is 1. The summed E-state index contributed by atoms with van der Waals surface area (Å²) in [6.45, 7) is 0.677. The Morgan fingerprint density at radius 3 is 2.10 bits per heavy atom. The first-order valence-corrected chi connectivity index (χ1v) is 10.2. The second-order valence-corrected chi connectivity index (χ2v) is 7.60. The van der Waals surface area contributed by atoms with E-state index in [2.05, 4.69) is 49.7 Å². The molecule has 0 saturated heterocycles. The number of imidazole rings is 1. The molecule has 0 amide bonds. The Labute approximate surface area is 177 Å². The van der Waals surface area contributed by atoms with E-state index in [0.29, 0.717) is 18.0 Å². The van der Waals surface area contributed by atoms with Crippen LogP contribution in [-0.4, -0.2) is 19.5 Å². The van der Waals surface area contributed by atoms with E-state index in [0.717, 1.165) is 26.9 Å². The largest absolute Gasteiger partial charge is 0.317 e. The quantitative estimate of drug-likeness (QED) is 0.345. The maximum atomic E-state index is 4.89. The van der Waals surface area contributed by atoms with Gasteiger partial charge in [-0.05, 0) is 11.6 Å². The topological polar surface area (TPSA) is 43.6 Å². The minimum Gasteiger partial charge on any atom is -0.317 e. The maximum Gasteiger partial charge on any atom is 0.182 e. The summed E-state index contributed by atoms with van der Waals surface area (Å²) in [5, 5.41) is 0. The summed E-state index contributed by atoms with van der Waals surface area (Å²) >= 11 is 3.66. The van der Waals surface area contributed by atoms with Crippen LogP contribution in [0.1, 0.15) is 5.56 Å². The molecule has 0 fully saturated rings. The van der Waals surface area contributed by atoms with Gasteiger partial charge in [0.15, 0.2) is 11.5 Å². The zero-order chi connectivity index (χ0) is 19.6. The van der Waals surface area contributed by atoms with Crippen molar-refractivity contribution in [2.45, 2.75) is 6.54 Å². The van der Waals surface area contributed by atoms with Gasteiger partial charge in [-0.1, -0.05) is 94.8 Å². The number of aromatic nitrogens is 4. The zero-order valence-corrected chi connectivity index (χ0v) is 17.1. The fraction of sp³-hybridized carbons (Fsp3) is 0.0417. The Bertz CT molecular complexity index is 1280. The van der Waals surface area contributed by atoms with Crippen LogP contribution in [0.15, 0.2) is 95.6 Å². The Kier molecular flexibility index (Phi) is 4.66.